The highest BCUT2D eigenvalue weighted by Crippen LogP contribution is 2.33. The highest BCUT2D eigenvalue weighted by molar-refractivity contribution is 5.80. The number of esters is 1. The second-order valence-corrected chi connectivity index (χ2v) is 6.25. The van der Waals surface area contributed by atoms with Crippen LogP contribution in [0.4, 0.5) is 0 Å². The van der Waals surface area contributed by atoms with E-state index < -0.39 is 28.3 Å². The maximum atomic E-state index is 12.6. The average molecular weight is 375 g/mol. The Hall–Kier alpha value is -2.66. The van der Waals surface area contributed by atoms with Crippen molar-refractivity contribution in [1.82, 2.24) is 4.90 Å². The largest absolute Gasteiger partial charge is 0.466 e. The van der Waals surface area contributed by atoms with Crippen molar-refractivity contribution in [1.29, 1.82) is 0 Å². The van der Waals surface area contributed by atoms with Gasteiger partial charge in [-0.15, -0.1) is 20.2 Å². The quantitative estimate of drug-likeness (QED) is 0.348. The first-order valence-corrected chi connectivity index (χ1v) is 8.39. The van der Waals surface area contributed by atoms with E-state index in [1.165, 1.54) is 0 Å². The topological polar surface area (TPSA) is 151 Å². The van der Waals surface area contributed by atoms with Gasteiger partial charge in [0.1, 0.15) is 12.2 Å². The highest BCUT2D eigenvalue weighted by Gasteiger charge is 2.44. The Morgan fingerprint density at radius 3 is 1.92 bits per heavy atom. The lowest BCUT2D eigenvalue weighted by molar-refractivity contribution is -0.797. The van der Waals surface area contributed by atoms with Crippen LogP contribution in [-0.4, -0.2) is 58.9 Å². The van der Waals surface area contributed by atoms with E-state index in [1.807, 2.05) is 0 Å². The van der Waals surface area contributed by atoms with Crippen molar-refractivity contribution in [3.63, 3.8) is 0 Å². The maximum Gasteiger partial charge on any atom is 0.309 e. The maximum absolute atomic E-state index is 12.6. The number of ether oxygens (including phenoxy) is 1. The summed E-state index contributed by atoms with van der Waals surface area (Å²) < 4.78 is 4.98. The van der Waals surface area contributed by atoms with Gasteiger partial charge in [-0.2, -0.15) is 0 Å². The molecular weight excluding hydrogens is 354 g/mol. The van der Waals surface area contributed by atoms with Gasteiger partial charge in [0.05, 0.1) is 12.5 Å². The molecule has 0 spiro atoms. The van der Waals surface area contributed by atoms with Crippen molar-refractivity contribution < 1.29 is 34.2 Å². The van der Waals surface area contributed by atoms with Gasteiger partial charge in [-0.3, -0.25) is 9.59 Å². The molecule has 12 heteroatoms. The molecule has 3 atom stereocenters. The van der Waals surface area contributed by atoms with Crippen molar-refractivity contribution in [2.75, 3.05) is 19.7 Å². The molecule has 12 nitrogen and oxygen atoms in total. The summed E-state index contributed by atoms with van der Waals surface area (Å²) in [6.07, 6.45) is -1.45. The van der Waals surface area contributed by atoms with Gasteiger partial charge >= 0.3 is 5.97 Å². The van der Waals surface area contributed by atoms with Gasteiger partial charge in [-0.25, -0.2) is 0 Å². The average Bonchev–Trinajstić information content (AvgIpc) is 2.95. The number of hydrogen-bond donors (Lipinski definition) is 0. The molecule has 1 saturated heterocycles. The van der Waals surface area contributed by atoms with E-state index in [4.69, 9.17) is 4.74 Å². The molecule has 2 fully saturated rings. The third-order valence-corrected chi connectivity index (χ3v) is 4.67. The van der Waals surface area contributed by atoms with E-state index in [1.54, 1.807) is 11.8 Å². The van der Waals surface area contributed by atoms with E-state index in [0.29, 0.717) is 32.5 Å². The van der Waals surface area contributed by atoms with Crippen LogP contribution in [-0.2, 0) is 24.0 Å². The molecule has 0 radical (unpaired) electrons. The summed E-state index contributed by atoms with van der Waals surface area (Å²) in [7, 11) is 0. The summed E-state index contributed by atoms with van der Waals surface area (Å²) in [6.45, 7) is 2.75. The second-order valence-electron chi connectivity index (χ2n) is 6.25. The third-order valence-electron chi connectivity index (χ3n) is 4.67. The van der Waals surface area contributed by atoms with Gasteiger partial charge in [0.15, 0.2) is 0 Å². The summed E-state index contributed by atoms with van der Waals surface area (Å²) in [5.74, 6) is -1.46. The summed E-state index contributed by atoms with van der Waals surface area (Å²) in [5.41, 5.74) is 0. The molecule has 0 aromatic heterocycles. The molecule has 2 rings (SSSR count). The van der Waals surface area contributed by atoms with Crippen LogP contribution in [0.1, 0.15) is 32.6 Å². The zero-order valence-electron chi connectivity index (χ0n) is 14.3. The van der Waals surface area contributed by atoms with E-state index in [9.17, 15) is 29.8 Å². The third kappa shape index (κ3) is 4.92. The number of hydrogen-bond acceptors (Lipinski definition) is 9. The van der Waals surface area contributed by atoms with Crippen LogP contribution < -0.4 is 0 Å². The van der Waals surface area contributed by atoms with Crippen molar-refractivity contribution in [2.24, 2.45) is 11.8 Å². The SMILES string of the molecule is CCOC(=O)C1CCN(C(=O)[C@@H]2C[C@H](O[N+](=O)[O-])[C@H](O[N+](=O)[O-])C2)CC1. The minimum Gasteiger partial charge on any atom is -0.466 e. The normalized spacial score (nSPS) is 26.2. The minimum atomic E-state index is -1.17. The van der Waals surface area contributed by atoms with Crippen LogP contribution in [0.2, 0.25) is 0 Å². The van der Waals surface area contributed by atoms with Crippen molar-refractivity contribution in [3.8, 4) is 0 Å². The van der Waals surface area contributed by atoms with Gasteiger partial charge in [0.2, 0.25) is 5.91 Å². The zero-order chi connectivity index (χ0) is 19.3. The van der Waals surface area contributed by atoms with Crippen LogP contribution in [0, 0.1) is 32.1 Å². The molecule has 2 aliphatic rings. The van der Waals surface area contributed by atoms with Crippen LogP contribution in [0.15, 0.2) is 0 Å². The summed E-state index contributed by atoms with van der Waals surface area (Å²) >= 11 is 0. The van der Waals surface area contributed by atoms with Gasteiger partial charge < -0.3 is 19.3 Å². The first-order valence-electron chi connectivity index (χ1n) is 8.39. The van der Waals surface area contributed by atoms with Crippen LogP contribution in [0.25, 0.3) is 0 Å². The molecule has 146 valence electrons. The Labute approximate surface area is 148 Å². The van der Waals surface area contributed by atoms with Gasteiger partial charge in [-0.1, -0.05) is 0 Å². The van der Waals surface area contributed by atoms with E-state index >= 15 is 0 Å². The minimum absolute atomic E-state index is 0.0316. The molecule has 1 heterocycles. The predicted molar refractivity (Wildman–Crippen MR) is 82.4 cm³/mol. The molecule has 0 aromatic rings. The summed E-state index contributed by atoms with van der Waals surface area (Å²) in [4.78, 5) is 55.9. The molecule has 0 N–H and O–H groups in total. The fourth-order valence-electron chi connectivity index (χ4n) is 3.46. The number of amides is 1. The lowest BCUT2D eigenvalue weighted by Crippen LogP contribution is -2.43. The first-order chi connectivity index (χ1) is 12.3. The van der Waals surface area contributed by atoms with Gasteiger partial charge in [0, 0.05) is 19.0 Å². The van der Waals surface area contributed by atoms with E-state index in [-0.39, 0.29) is 30.6 Å². The van der Waals surface area contributed by atoms with Crippen molar-refractivity contribution in [3.05, 3.63) is 20.2 Å². The smallest absolute Gasteiger partial charge is 0.309 e. The van der Waals surface area contributed by atoms with Gasteiger partial charge in [0.25, 0.3) is 10.2 Å². The second kappa shape index (κ2) is 8.63. The molecule has 1 aliphatic carbocycles. The Morgan fingerprint density at radius 1 is 1.00 bits per heavy atom. The van der Waals surface area contributed by atoms with Gasteiger partial charge in [-0.05, 0) is 32.6 Å². The summed E-state index contributed by atoms with van der Waals surface area (Å²) in [5, 5.41) is 19.0. The molecule has 1 aliphatic heterocycles. The van der Waals surface area contributed by atoms with E-state index in [2.05, 4.69) is 9.68 Å². The predicted octanol–water partition coefficient (Wildman–Crippen LogP) is 0.352. The standard InChI is InChI=1S/C14H21N3O9/c1-2-24-14(19)9-3-5-15(6-4-9)13(18)10-7-11(25-16(20)21)12(8-10)26-17(22)23/h9-12H,2-8H2,1H3/t10-,11+,12-. The Kier molecular flexibility index (Phi) is 6.52. The lowest BCUT2D eigenvalue weighted by atomic mass is 9.95. The van der Waals surface area contributed by atoms with Crippen LogP contribution in [0.3, 0.4) is 0 Å². The molecule has 1 amide bonds. The monoisotopic (exact) mass is 375 g/mol. The van der Waals surface area contributed by atoms with Crippen LogP contribution >= 0.6 is 0 Å². The van der Waals surface area contributed by atoms with Crippen molar-refractivity contribution >= 4 is 11.9 Å². The summed E-state index contributed by atoms with van der Waals surface area (Å²) in [6, 6.07) is 0. The number of carbonyl (C=O) groups excluding carboxylic acids is 2. The van der Waals surface area contributed by atoms with Crippen LogP contribution in [0.5, 0.6) is 0 Å². The Bertz CT molecular complexity index is 538. The molecule has 26 heavy (non-hydrogen) atoms. The number of nitrogens with zero attached hydrogens (tertiary/aromatic N) is 3. The zero-order valence-corrected chi connectivity index (χ0v) is 14.3. The highest BCUT2D eigenvalue weighted by atomic mass is 17.0. The number of carbonyl (C=O) groups is 2. The Morgan fingerprint density at radius 2 is 1.50 bits per heavy atom. The number of likely N-dealkylation sites (tertiary alicyclic amines) is 1. The fourth-order valence-corrected chi connectivity index (χ4v) is 3.46. The fraction of sp³-hybridized carbons (Fsp3) is 0.857. The van der Waals surface area contributed by atoms with E-state index in [0.717, 1.165) is 0 Å². The van der Waals surface area contributed by atoms with Crippen molar-refractivity contribution in [2.45, 2.75) is 44.8 Å². The molecular formula is C14H21N3O9. The molecule has 0 aromatic carbocycles. The number of piperidine rings is 1. The molecule has 0 bridgehead atoms. The molecule has 1 saturated carbocycles. The molecule has 0 unspecified atom stereocenters. The first kappa shape index (κ1) is 19.7. The number of rotatable bonds is 7. The Balaban J connectivity index is 1.92. The lowest BCUT2D eigenvalue weighted by Gasteiger charge is -2.32.